The zero-order valence-corrected chi connectivity index (χ0v) is 13.1. The number of rotatable bonds is 3. The van der Waals surface area contributed by atoms with E-state index in [0.717, 1.165) is 11.1 Å². The molecule has 1 amide bonds. The van der Waals surface area contributed by atoms with Crippen molar-refractivity contribution in [1.29, 1.82) is 0 Å². The van der Waals surface area contributed by atoms with E-state index in [4.69, 9.17) is 4.74 Å². The van der Waals surface area contributed by atoms with Crippen molar-refractivity contribution < 1.29 is 13.9 Å². The Bertz CT molecular complexity index is 519. The number of benzene rings is 1. The third kappa shape index (κ3) is 4.43. The molecule has 5 heteroatoms. The number of aryl methyl sites for hydroxylation is 1. The van der Waals surface area contributed by atoms with Crippen LogP contribution in [0.15, 0.2) is 18.2 Å². The number of halogens is 1. The molecule has 1 fully saturated rings. The number of ether oxygens (including phenoxy) is 1. The molecule has 1 N–H and O–H groups in total. The van der Waals surface area contributed by atoms with Crippen molar-refractivity contribution in [2.24, 2.45) is 0 Å². The van der Waals surface area contributed by atoms with Gasteiger partial charge in [0, 0.05) is 25.7 Å². The SMILES string of the molecule is Cc1ccc(F)cc1CNC1CN(C(=O)OC(C)(C)C)C1. The lowest BCUT2D eigenvalue weighted by Crippen LogP contribution is -2.60. The van der Waals surface area contributed by atoms with Crippen molar-refractivity contribution in [1.82, 2.24) is 10.2 Å². The summed E-state index contributed by atoms with van der Waals surface area (Å²) in [5, 5.41) is 3.34. The van der Waals surface area contributed by atoms with Crippen LogP contribution in [0.3, 0.4) is 0 Å². The average Bonchev–Trinajstić information content (AvgIpc) is 2.29. The number of nitrogens with zero attached hydrogens (tertiary/aromatic N) is 1. The monoisotopic (exact) mass is 294 g/mol. The Kier molecular flexibility index (Phi) is 4.52. The summed E-state index contributed by atoms with van der Waals surface area (Å²) in [6.45, 7) is 9.39. The smallest absolute Gasteiger partial charge is 0.410 e. The number of nitrogens with one attached hydrogen (secondary N) is 1. The van der Waals surface area contributed by atoms with Crippen molar-refractivity contribution in [3.63, 3.8) is 0 Å². The molecule has 1 saturated heterocycles. The third-order valence-electron chi connectivity index (χ3n) is 3.43. The summed E-state index contributed by atoms with van der Waals surface area (Å²) in [5.74, 6) is -0.221. The van der Waals surface area contributed by atoms with Gasteiger partial charge in [-0.25, -0.2) is 9.18 Å². The van der Waals surface area contributed by atoms with Crippen LogP contribution in [0.25, 0.3) is 0 Å². The lowest BCUT2D eigenvalue weighted by atomic mass is 10.1. The fourth-order valence-electron chi connectivity index (χ4n) is 2.17. The highest BCUT2D eigenvalue weighted by Gasteiger charge is 2.33. The van der Waals surface area contributed by atoms with Crippen molar-refractivity contribution in [2.45, 2.75) is 45.9 Å². The van der Waals surface area contributed by atoms with Crippen LogP contribution in [0.4, 0.5) is 9.18 Å². The molecule has 1 aliphatic rings. The summed E-state index contributed by atoms with van der Waals surface area (Å²) < 4.78 is 18.5. The average molecular weight is 294 g/mol. The number of carbonyl (C=O) groups is 1. The van der Waals surface area contributed by atoms with Crippen LogP contribution in [-0.2, 0) is 11.3 Å². The van der Waals surface area contributed by atoms with Gasteiger partial charge < -0.3 is 15.0 Å². The van der Waals surface area contributed by atoms with E-state index in [2.05, 4.69) is 5.32 Å². The molecule has 1 aromatic carbocycles. The number of likely N-dealkylation sites (tertiary alicyclic amines) is 1. The third-order valence-corrected chi connectivity index (χ3v) is 3.43. The molecule has 4 nitrogen and oxygen atoms in total. The summed E-state index contributed by atoms with van der Waals surface area (Å²) in [7, 11) is 0. The highest BCUT2D eigenvalue weighted by molar-refractivity contribution is 5.69. The predicted molar refractivity (Wildman–Crippen MR) is 79.6 cm³/mol. The molecule has 0 unspecified atom stereocenters. The second kappa shape index (κ2) is 6.02. The molecule has 116 valence electrons. The van der Waals surface area contributed by atoms with Gasteiger partial charge in [0.1, 0.15) is 11.4 Å². The van der Waals surface area contributed by atoms with E-state index in [1.807, 2.05) is 27.7 Å². The van der Waals surface area contributed by atoms with Crippen LogP contribution in [0.5, 0.6) is 0 Å². The van der Waals surface area contributed by atoms with Crippen molar-refractivity contribution in [2.75, 3.05) is 13.1 Å². The topological polar surface area (TPSA) is 41.6 Å². The van der Waals surface area contributed by atoms with E-state index in [1.165, 1.54) is 6.07 Å². The summed E-state index contributed by atoms with van der Waals surface area (Å²) in [5.41, 5.74) is 1.55. The van der Waals surface area contributed by atoms with Gasteiger partial charge in [0.05, 0.1) is 0 Å². The van der Waals surface area contributed by atoms with E-state index >= 15 is 0 Å². The summed E-state index contributed by atoms with van der Waals surface area (Å²) in [4.78, 5) is 13.5. The predicted octanol–water partition coefficient (Wildman–Crippen LogP) is 2.84. The normalized spacial score (nSPS) is 15.8. The molecule has 0 saturated carbocycles. The molecule has 0 radical (unpaired) electrons. The molecule has 1 aliphatic heterocycles. The number of hydrogen-bond donors (Lipinski definition) is 1. The molecule has 0 aliphatic carbocycles. The minimum Gasteiger partial charge on any atom is -0.444 e. The highest BCUT2D eigenvalue weighted by atomic mass is 19.1. The first-order valence-electron chi connectivity index (χ1n) is 7.21. The molecule has 1 aromatic rings. The molecule has 0 bridgehead atoms. The first kappa shape index (κ1) is 15.8. The van der Waals surface area contributed by atoms with Crippen LogP contribution in [0.2, 0.25) is 0 Å². The Labute approximate surface area is 125 Å². The Morgan fingerprint density at radius 2 is 2.10 bits per heavy atom. The minimum absolute atomic E-state index is 0.221. The molecular weight excluding hydrogens is 271 g/mol. The van der Waals surface area contributed by atoms with Crippen LogP contribution < -0.4 is 5.32 Å². The number of carbonyl (C=O) groups excluding carboxylic acids is 1. The van der Waals surface area contributed by atoms with Gasteiger partial charge in [0.25, 0.3) is 0 Å². The largest absolute Gasteiger partial charge is 0.444 e. The van der Waals surface area contributed by atoms with Gasteiger partial charge in [-0.15, -0.1) is 0 Å². The van der Waals surface area contributed by atoms with Gasteiger partial charge in [-0.05, 0) is 51.0 Å². The maximum Gasteiger partial charge on any atom is 0.410 e. The molecule has 1 heterocycles. The Morgan fingerprint density at radius 3 is 2.71 bits per heavy atom. The summed E-state index contributed by atoms with van der Waals surface area (Å²) in [6, 6.07) is 5.03. The van der Waals surface area contributed by atoms with Gasteiger partial charge in [-0.2, -0.15) is 0 Å². The first-order chi connectivity index (χ1) is 9.74. The van der Waals surface area contributed by atoms with E-state index in [1.54, 1.807) is 17.0 Å². The molecule has 0 atom stereocenters. The van der Waals surface area contributed by atoms with Gasteiger partial charge in [0.2, 0.25) is 0 Å². The molecule has 0 aromatic heterocycles. The molecule has 2 rings (SSSR count). The van der Waals surface area contributed by atoms with Crippen molar-refractivity contribution >= 4 is 6.09 Å². The first-order valence-corrected chi connectivity index (χ1v) is 7.21. The highest BCUT2D eigenvalue weighted by Crippen LogP contribution is 2.16. The lowest BCUT2D eigenvalue weighted by Gasteiger charge is -2.40. The van der Waals surface area contributed by atoms with Gasteiger partial charge in [0.15, 0.2) is 0 Å². The van der Waals surface area contributed by atoms with Crippen molar-refractivity contribution in [3.8, 4) is 0 Å². The van der Waals surface area contributed by atoms with Gasteiger partial charge in [-0.3, -0.25) is 0 Å². The maximum absolute atomic E-state index is 13.2. The second-order valence-electron chi connectivity index (χ2n) is 6.53. The lowest BCUT2D eigenvalue weighted by molar-refractivity contribution is 0.00518. The zero-order chi connectivity index (χ0) is 15.6. The Morgan fingerprint density at radius 1 is 1.43 bits per heavy atom. The fraction of sp³-hybridized carbons (Fsp3) is 0.562. The summed E-state index contributed by atoms with van der Waals surface area (Å²) in [6.07, 6.45) is -0.275. The minimum atomic E-state index is -0.464. The fourth-order valence-corrected chi connectivity index (χ4v) is 2.17. The van der Waals surface area contributed by atoms with E-state index in [-0.39, 0.29) is 18.0 Å². The van der Waals surface area contributed by atoms with Crippen LogP contribution in [-0.4, -0.2) is 35.7 Å². The number of hydrogen-bond acceptors (Lipinski definition) is 3. The Balaban J connectivity index is 1.76. The van der Waals surface area contributed by atoms with Gasteiger partial charge >= 0.3 is 6.09 Å². The second-order valence-corrected chi connectivity index (χ2v) is 6.53. The van der Waals surface area contributed by atoms with Gasteiger partial charge in [-0.1, -0.05) is 6.07 Å². The number of amides is 1. The van der Waals surface area contributed by atoms with Crippen LogP contribution in [0, 0.1) is 12.7 Å². The molecule has 0 spiro atoms. The van der Waals surface area contributed by atoms with Crippen LogP contribution >= 0.6 is 0 Å². The molecule has 21 heavy (non-hydrogen) atoms. The maximum atomic E-state index is 13.2. The summed E-state index contributed by atoms with van der Waals surface area (Å²) >= 11 is 0. The quantitative estimate of drug-likeness (QED) is 0.932. The van der Waals surface area contributed by atoms with Crippen LogP contribution in [0.1, 0.15) is 31.9 Å². The Hall–Kier alpha value is -1.62. The van der Waals surface area contributed by atoms with E-state index < -0.39 is 5.60 Å². The standard InChI is InChI=1S/C16H23FN2O2/c1-11-5-6-13(17)7-12(11)8-18-14-9-19(10-14)15(20)21-16(2,3)4/h5-7,14,18H,8-10H2,1-4H3. The zero-order valence-electron chi connectivity index (χ0n) is 13.1. The molecular formula is C16H23FN2O2. The van der Waals surface area contributed by atoms with Crippen molar-refractivity contribution in [3.05, 3.63) is 35.1 Å². The van der Waals surface area contributed by atoms with E-state index in [0.29, 0.717) is 19.6 Å². The van der Waals surface area contributed by atoms with E-state index in [9.17, 15) is 9.18 Å².